The highest BCUT2D eigenvalue weighted by molar-refractivity contribution is 5.82. The predicted octanol–water partition coefficient (Wildman–Crippen LogP) is 2.70. The normalized spacial score (nSPS) is 33.4. The quantitative estimate of drug-likeness (QED) is 0.837. The number of nitrogens with zero attached hydrogens (tertiary/aromatic N) is 1. The van der Waals surface area contributed by atoms with Crippen molar-refractivity contribution in [2.45, 2.75) is 83.3 Å². The molecule has 0 saturated carbocycles. The topological polar surface area (TPSA) is 32.3 Å². The van der Waals surface area contributed by atoms with Crippen molar-refractivity contribution in [3.05, 3.63) is 0 Å². The number of piperidine rings is 2. The summed E-state index contributed by atoms with van der Waals surface area (Å²) in [5, 5.41) is 3.48. The fraction of sp³-hybridized carbons (Fsp3) is 0.933. The molecule has 3 heteroatoms. The molecule has 2 saturated heterocycles. The van der Waals surface area contributed by atoms with Crippen molar-refractivity contribution in [3.63, 3.8) is 0 Å². The fourth-order valence-electron chi connectivity index (χ4n) is 3.46. The molecule has 2 fully saturated rings. The van der Waals surface area contributed by atoms with Gasteiger partial charge in [0.1, 0.15) is 0 Å². The number of hydrogen-bond donors (Lipinski definition) is 1. The third-order valence-electron chi connectivity index (χ3n) is 4.45. The van der Waals surface area contributed by atoms with E-state index < -0.39 is 0 Å². The van der Waals surface area contributed by atoms with E-state index >= 15 is 0 Å². The summed E-state index contributed by atoms with van der Waals surface area (Å²) >= 11 is 0. The molecule has 1 amide bonds. The van der Waals surface area contributed by atoms with Gasteiger partial charge in [0.25, 0.3) is 0 Å². The van der Waals surface area contributed by atoms with Gasteiger partial charge in [-0.3, -0.25) is 4.79 Å². The SMILES string of the molecule is CCCC1CCCCN1C(=O)C1CCCC(C)N1. The van der Waals surface area contributed by atoms with Gasteiger partial charge in [-0.15, -0.1) is 0 Å². The van der Waals surface area contributed by atoms with Crippen molar-refractivity contribution in [2.75, 3.05) is 6.54 Å². The summed E-state index contributed by atoms with van der Waals surface area (Å²) in [6.45, 7) is 5.40. The number of hydrogen-bond acceptors (Lipinski definition) is 2. The van der Waals surface area contributed by atoms with Crippen LogP contribution in [0.5, 0.6) is 0 Å². The van der Waals surface area contributed by atoms with Crippen LogP contribution in [0.4, 0.5) is 0 Å². The molecule has 3 atom stereocenters. The molecule has 2 aliphatic rings. The average molecular weight is 252 g/mol. The van der Waals surface area contributed by atoms with E-state index in [4.69, 9.17) is 0 Å². The minimum atomic E-state index is 0.0891. The Hall–Kier alpha value is -0.570. The van der Waals surface area contributed by atoms with Crippen LogP contribution < -0.4 is 5.32 Å². The van der Waals surface area contributed by atoms with E-state index in [0.29, 0.717) is 18.0 Å². The molecule has 1 N–H and O–H groups in total. The number of nitrogens with one attached hydrogen (secondary N) is 1. The molecule has 2 rings (SSSR count). The maximum absolute atomic E-state index is 12.6. The van der Waals surface area contributed by atoms with Crippen molar-refractivity contribution >= 4 is 5.91 Å². The van der Waals surface area contributed by atoms with Gasteiger partial charge in [-0.25, -0.2) is 0 Å². The van der Waals surface area contributed by atoms with Crippen LogP contribution in [0.1, 0.15) is 65.2 Å². The first kappa shape index (κ1) is 13.9. The van der Waals surface area contributed by atoms with Gasteiger partial charge in [0, 0.05) is 18.6 Å². The Labute approximate surface area is 111 Å². The Kier molecular flexibility index (Phi) is 5.04. The van der Waals surface area contributed by atoms with E-state index in [-0.39, 0.29) is 6.04 Å². The second kappa shape index (κ2) is 6.55. The van der Waals surface area contributed by atoms with Gasteiger partial charge in [0.05, 0.1) is 6.04 Å². The van der Waals surface area contributed by atoms with Crippen molar-refractivity contribution in [1.82, 2.24) is 10.2 Å². The first-order valence-electron chi connectivity index (χ1n) is 7.79. The molecule has 2 aliphatic heterocycles. The minimum Gasteiger partial charge on any atom is -0.338 e. The summed E-state index contributed by atoms with van der Waals surface area (Å²) in [6, 6.07) is 1.10. The first-order chi connectivity index (χ1) is 8.72. The molecule has 0 spiro atoms. The predicted molar refractivity (Wildman–Crippen MR) is 74.5 cm³/mol. The minimum absolute atomic E-state index is 0.0891. The zero-order chi connectivity index (χ0) is 13.0. The Balaban J connectivity index is 1.96. The van der Waals surface area contributed by atoms with E-state index in [1.165, 1.54) is 44.9 Å². The van der Waals surface area contributed by atoms with Gasteiger partial charge in [0.2, 0.25) is 5.91 Å². The lowest BCUT2D eigenvalue weighted by Crippen LogP contribution is -2.55. The molecule has 18 heavy (non-hydrogen) atoms. The second-order valence-corrected chi connectivity index (χ2v) is 6.02. The molecule has 0 aliphatic carbocycles. The maximum Gasteiger partial charge on any atom is 0.239 e. The van der Waals surface area contributed by atoms with Crippen LogP contribution in [-0.2, 0) is 4.79 Å². The van der Waals surface area contributed by atoms with E-state index in [1.54, 1.807) is 0 Å². The van der Waals surface area contributed by atoms with Crippen molar-refractivity contribution in [2.24, 2.45) is 0 Å². The highest BCUT2D eigenvalue weighted by Crippen LogP contribution is 2.23. The van der Waals surface area contributed by atoms with E-state index in [9.17, 15) is 4.79 Å². The smallest absolute Gasteiger partial charge is 0.239 e. The zero-order valence-electron chi connectivity index (χ0n) is 12.0. The van der Waals surface area contributed by atoms with Crippen LogP contribution in [0.3, 0.4) is 0 Å². The number of carbonyl (C=O) groups is 1. The van der Waals surface area contributed by atoms with E-state index in [1.807, 2.05) is 0 Å². The number of likely N-dealkylation sites (tertiary alicyclic amines) is 1. The highest BCUT2D eigenvalue weighted by atomic mass is 16.2. The summed E-state index contributed by atoms with van der Waals surface area (Å²) in [5.74, 6) is 0.375. The average Bonchev–Trinajstić information content (AvgIpc) is 2.39. The van der Waals surface area contributed by atoms with E-state index in [2.05, 4.69) is 24.1 Å². The van der Waals surface area contributed by atoms with E-state index in [0.717, 1.165) is 13.0 Å². The van der Waals surface area contributed by atoms with Crippen molar-refractivity contribution < 1.29 is 4.79 Å². The number of carbonyl (C=O) groups excluding carboxylic acids is 1. The molecule has 0 aromatic carbocycles. The lowest BCUT2D eigenvalue weighted by atomic mass is 9.94. The lowest BCUT2D eigenvalue weighted by molar-refractivity contribution is -0.138. The summed E-state index contributed by atoms with van der Waals surface area (Å²) in [5.41, 5.74) is 0. The summed E-state index contributed by atoms with van der Waals surface area (Å²) in [6.07, 6.45) is 9.48. The zero-order valence-corrected chi connectivity index (χ0v) is 12.0. The van der Waals surface area contributed by atoms with Crippen LogP contribution in [0.2, 0.25) is 0 Å². The molecule has 3 nitrogen and oxygen atoms in total. The summed E-state index contributed by atoms with van der Waals surface area (Å²) in [4.78, 5) is 14.8. The molecule has 2 heterocycles. The van der Waals surface area contributed by atoms with Gasteiger partial charge >= 0.3 is 0 Å². The lowest BCUT2D eigenvalue weighted by Gasteiger charge is -2.39. The molecule has 104 valence electrons. The Morgan fingerprint density at radius 3 is 2.78 bits per heavy atom. The second-order valence-electron chi connectivity index (χ2n) is 6.02. The molecule has 0 radical (unpaired) electrons. The first-order valence-corrected chi connectivity index (χ1v) is 7.79. The fourth-order valence-corrected chi connectivity index (χ4v) is 3.46. The van der Waals surface area contributed by atoms with Gasteiger partial charge in [-0.1, -0.05) is 13.3 Å². The molecule has 0 aromatic rings. The molecular formula is C15H28N2O. The van der Waals surface area contributed by atoms with Crippen molar-refractivity contribution in [3.8, 4) is 0 Å². The monoisotopic (exact) mass is 252 g/mol. The molecule has 3 unspecified atom stereocenters. The van der Waals surface area contributed by atoms with Gasteiger partial charge in [-0.05, 0) is 51.9 Å². The molecule has 0 bridgehead atoms. The Morgan fingerprint density at radius 2 is 2.06 bits per heavy atom. The standard InChI is InChI=1S/C15H28N2O/c1-3-7-13-9-4-5-11-17(13)15(18)14-10-6-8-12(2)16-14/h12-14,16H,3-11H2,1-2H3. The number of amides is 1. The third kappa shape index (κ3) is 3.25. The van der Waals surface area contributed by atoms with Crippen molar-refractivity contribution in [1.29, 1.82) is 0 Å². The van der Waals surface area contributed by atoms with Crippen LogP contribution in [0.15, 0.2) is 0 Å². The highest BCUT2D eigenvalue weighted by Gasteiger charge is 2.32. The number of rotatable bonds is 3. The maximum atomic E-state index is 12.6. The van der Waals surface area contributed by atoms with Gasteiger partial charge in [-0.2, -0.15) is 0 Å². The van der Waals surface area contributed by atoms with Crippen LogP contribution in [0, 0.1) is 0 Å². The summed E-state index contributed by atoms with van der Waals surface area (Å²) < 4.78 is 0. The third-order valence-corrected chi connectivity index (χ3v) is 4.45. The van der Waals surface area contributed by atoms with Gasteiger partial charge in [0.15, 0.2) is 0 Å². The Bertz CT molecular complexity index is 278. The van der Waals surface area contributed by atoms with Gasteiger partial charge < -0.3 is 10.2 Å². The Morgan fingerprint density at radius 1 is 1.22 bits per heavy atom. The van der Waals surface area contributed by atoms with Crippen LogP contribution >= 0.6 is 0 Å². The van der Waals surface area contributed by atoms with Crippen LogP contribution in [-0.4, -0.2) is 35.5 Å². The summed E-state index contributed by atoms with van der Waals surface area (Å²) in [7, 11) is 0. The molecule has 0 aromatic heterocycles. The largest absolute Gasteiger partial charge is 0.338 e. The molecular weight excluding hydrogens is 224 g/mol. The van der Waals surface area contributed by atoms with Crippen LogP contribution in [0.25, 0.3) is 0 Å².